The van der Waals surface area contributed by atoms with Crippen molar-refractivity contribution in [2.45, 2.75) is 20.8 Å². The number of carboxylic acids is 1. The molecule has 0 saturated heterocycles. The fraction of sp³-hybridized carbons (Fsp3) is 0.375. The summed E-state index contributed by atoms with van der Waals surface area (Å²) in [6.45, 7) is 5.42. The van der Waals surface area contributed by atoms with Crippen LogP contribution >= 0.6 is 0 Å². The largest absolute Gasteiger partial charge is 0.481 e. The Morgan fingerprint density at radius 1 is 1.35 bits per heavy atom. The monoisotopic (exact) mass is 316 g/mol. The Morgan fingerprint density at radius 3 is 2.65 bits per heavy atom. The maximum absolute atomic E-state index is 12.5. The number of amides is 1. The van der Waals surface area contributed by atoms with E-state index in [1.807, 2.05) is 31.2 Å². The van der Waals surface area contributed by atoms with Crippen molar-refractivity contribution in [3.8, 4) is 5.69 Å². The number of aliphatic carboxylic acids is 1. The average molecular weight is 316 g/mol. The zero-order valence-corrected chi connectivity index (χ0v) is 13.6. The van der Waals surface area contributed by atoms with Gasteiger partial charge in [-0.2, -0.15) is 0 Å². The lowest BCUT2D eigenvalue weighted by molar-refractivity contribution is -0.141. The summed E-state index contributed by atoms with van der Waals surface area (Å²) in [6.07, 6.45) is 0. The summed E-state index contributed by atoms with van der Waals surface area (Å²) in [5.41, 5.74) is 2.76. The molecular weight excluding hydrogens is 296 g/mol. The van der Waals surface area contributed by atoms with E-state index >= 15 is 0 Å². The molecule has 2 aromatic rings. The molecule has 7 heteroatoms. The van der Waals surface area contributed by atoms with Gasteiger partial charge in [0.25, 0.3) is 5.91 Å². The molecule has 0 aliphatic carbocycles. The molecule has 0 aliphatic rings. The second-order valence-corrected chi connectivity index (χ2v) is 5.70. The van der Waals surface area contributed by atoms with Gasteiger partial charge in [0.2, 0.25) is 0 Å². The highest BCUT2D eigenvalue weighted by Gasteiger charge is 2.23. The summed E-state index contributed by atoms with van der Waals surface area (Å²) in [5, 5.41) is 17.0. The summed E-state index contributed by atoms with van der Waals surface area (Å²) in [7, 11) is 1.56. The second kappa shape index (κ2) is 6.60. The van der Waals surface area contributed by atoms with Crippen LogP contribution in [0.3, 0.4) is 0 Å². The lowest BCUT2D eigenvalue weighted by Gasteiger charge is -2.18. The van der Waals surface area contributed by atoms with Crippen LogP contribution < -0.4 is 0 Å². The van der Waals surface area contributed by atoms with E-state index in [1.165, 1.54) is 4.90 Å². The molecule has 2 rings (SSSR count). The van der Waals surface area contributed by atoms with Gasteiger partial charge in [-0.3, -0.25) is 9.59 Å². The zero-order valence-electron chi connectivity index (χ0n) is 13.6. The van der Waals surface area contributed by atoms with Crippen molar-refractivity contribution in [2.75, 3.05) is 13.6 Å². The Morgan fingerprint density at radius 2 is 2.04 bits per heavy atom. The van der Waals surface area contributed by atoms with E-state index in [0.29, 0.717) is 5.69 Å². The Kier molecular flexibility index (Phi) is 4.78. The van der Waals surface area contributed by atoms with Crippen molar-refractivity contribution in [1.82, 2.24) is 19.9 Å². The Labute approximate surface area is 134 Å². The predicted molar refractivity (Wildman–Crippen MR) is 84.6 cm³/mol. The minimum atomic E-state index is -0.940. The van der Waals surface area contributed by atoms with Gasteiger partial charge in [0, 0.05) is 13.6 Å². The molecule has 0 aliphatic heterocycles. The quantitative estimate of drug-likeness (QED) is 0.906. The number of hydrogen-bond donors (Lipinski definition) is 1. The number of carbonyl (C=O) groups excluding carboxylic acids is 1. The Hall–Kier alpha value is -2.70. The van der Waals surface area contributed by atoms with Crippen LogP contribution in [0.15, 0.2) is 24.3 Å². The smallest absolute Gasteiger partial charge is 0.308 e. The number of nitrogens with zero attached hydrogens (tertiary/aromatic N) is 4. The van der Waals surface area contributed by atoms with Crippen molar-refractivity contribution in [3.05, 3.63) is 41.2 Å². The van der Waals surface area contributed by atoms with Gasteiger partial charge in [0.05, 0.1) is 17.3 Å². The third-order valence-electron chi connectivity index (χ3n) is 3.66. The van der Waals surface area contributed by atoms with E-state index < -0.39 is 11.9 Å². The first-order valence-corrected chi connectivity index (χ1v) is 7.29. The molecule has 1 amide bonds. The molecule has 1 aromatic carbocycles. The lowest BCUT2D eigenvalue weighted by atomic mass is 10.1. The van der Waals surface area contributed by atoms with Crippen molar-refractivity contribution >= 4 is 11.9 Å². The van der Waals surface area contributed by atoms with Crippen LogP contribution in [0.25, 0.3) is 5.69 Å². The molecule has 1 N–H and O–H groups in total. The normalized spacial score (nSPS) is 12.0. The molecule has 0 bridgehead atoms. The fourth-order valence-corrected chi connectivity index (χ4v) is 2.28. The molecule has 23 heavy (non-hydrogen) atoms. The van der Waals surface area contributed by atoms with Crippen LogP contribution in [-0.4, -0.2) is 50.5 Å². The lowest BCUT2D eigenvalue weighted by Crippen LogP contribution is -2.34. The predicted octanol–water partition coefficient (Wildman–Crippen LogP) is 1.68. The zero-order chi connectivity index (χ0) is 17.1. The highest BCUT2D eigenvalue weighted by Crippen LogP contribution is 2.15. The fourth-order valence-electron chi connectivity index (χ4n) is 2.28. The SMILES string of the molecule is Cc1cccc(-n2nnc(C(=O)N(C)CC(C)C(=O)O)c2C)c1. The first-order valence-electron chi connectivity index (χ1n) is 7.29. The highest BCUT2D eigenvalue weighted by atomic mass is 16.4. The van der Waals surface area contributed by atoms with Gasteiger partial charge in [-0.05, 0) is 31.5 Å². The van der Waals surface area contributed by atoms with E-state index in [0.717, 1.165) is 11.3 Å². The second-order valence-electron chi connectivity index (χ2n) is 5.70. The Bertz CT molecular complexity index is 739. The van der Waals surface area contributed by atoms with Crippen LogP contribution in [0.5, 0.6) is 0 Å². The number of aromatic nitrogens is 3. The molecule has 122 valence electrons. The third kappa shape index (κ3) is 3.56. The molecule has 1 heterocycles. The van der Waals surface area contributed by atoms with Gasteiger partial charge in [-0.15, -0.1) is 5.10 Å². The molecule has 7 nitrogen and oxygen atoms in total. The third-order valence-corrected chi connectivity index (χ3v) is 3.66. The summed E-state index contributed by atoms with van der Waals surface area (Å²) >= 11 is 0. The molecule has 0 saturated carbocycles. The first-order chi connectivity index (χ1) is 10.8. The number of benzene rings is 1. The van der Waals surface area contributed by atoms with E-state index in [9.17, 15) is 9.59 Å². The van der Waals surface area contributed by atoms with Gasteiger partial charge in [0.1, 0.15) is 0 Å². The molecule has 1 atom stereocenters. The maximum Gasteiger partial charge on any atom is 0.308 e. The number of carbonyl (C=O) groups is 2. The van der Waals surface area contributed by atoms with Crippen molar-refractivity contribution in [3.63, 3.8) is 0 Å². The van der Waals surface area contributed by atoms with Crippen molar-refractivity contribution in [2.24, 2.45) is 5.92 Å². The van der Waals surface area contributed by atoms with Crippen molar-refractivity contribution < 1.29 is 14.7 Å². The van der Waals surface area contributed by atoms with Crippen molar-refractivity contribution in [1.29, 1.82) is 0 Å². The molecule has 0 radical (unpaired) electrons. The maximum atomic E-state index is 12.5. The van der Waals surface area contributed by atoms with Crippen LogP contribution in [0.1, 0.15) is 28.7 Å². The van der Waals surface area contributed by atoms with Gasteiger partial charge >= 0.3 is 5.97 Å². The summed E-state index contributed by atoms with van der Waals surface area (Å²) < 4.78 is 1.61. The molecule has 0 fully saturated rings. The average Bonchev–Trinajstić information content (AvgIpc) is 2.87. The van der Waals surface area contributed by atoms with Crippen LogP contribution in [0.4, 0.5) is 0 Å². The Balaban J connectivity index is 2.25. The van der Waals surface area contributed by atoms with Crippen LogP contribution in [-0.2, 0) is 4.79 Å². The summed E-state index contributed by atoms with van der Waals surface area (Å²) in [6, 6.07) is 7.72. The van der Waals surface area contributed by atoms with Gasteiger partial charge in [0.15, 0.2) is 5.69 Å². The minimum absolute atomic E-state index is 0.116. The molecule has 0 spiro atoms. The molecular formula is C16H20N4O3. The van der Waals surface area contributed by atoms with Crippen LogP contribution in [0.2, 0.25) is 0 Å². The topological polar surface area (TPSA) is 88.3 Å². The number of hydrogen-bond acceptors (Lipinski definition) is 4. The van der Waals surface area contributed by atoms with Gasteiger partial charge in [-0.1, -0.05) is 24.3 Å². The molecule has 1 aromatic heterocycles. The van der Waals surface area contributed by atoms with E-state index in [4.69, 9.17) is 5.11 Å². The number of aryl methyl sites for hydroxylation is 1. The van der Waals surface area contributed by atoms with E-state index in [-0.39, 0.29) is 18.1 Å². The van der Waals surface area contributed by atoms with E-state index in [2.05, 4.69) is 10.3 Å². The summed E-state index contributed by atoms with van der Waals surface area (Å²) in [4.78, 5) is 24.7. The number of carboxylic acid groups (broad SMARTS) is 1. The van der Waals surface area contributed by atoms with E-state index in [1.54, 1.807) is 25.6 Å². The molecule has 1 unspecified atom stereocenters. The summed E-state index contributed by atoms with van der Waals surface area (Å²) in [5.74, 6) is -1.92. The standard InChI is InChI=1S/C16H20N4O3/c1-10-6-5-7-13(8-10)20-12(3)14(17-18-20)15(21)19(4)9-11(2)16(22)23/h5-8,11H,9H2,1-4H3,(H,22,23). The van der Waals surface area contributed by atoms with Crippen LogP contribution in [0, 0.1) is 19.8 Å². The van der Waals surface area contributed by atoms with Gasteiger partial charge in [-0.25, -0.2) is 4.68 Å². The number of rotatable bonds is 5. The van der Waals surface area contributed by atoms with Gasteiger partial charge < -0.3 is 10.0 Å². The highest BCUT2D eigenvalue weighted by molar-refractivity contribution is 5.93. The minimum Gasteiger partial charge on any atom is -0.481 e. The first kappa shape index (κ1) is 16.7.